The molecule has 1 aromatic carbocycles. The Hall–Kier alpha value is -1.44. The van der Waals surface area contributed by atoms with Crippen molar-refractivity contribution in [1.29, 1.82) is 0 Å². The number of aromatic amines is 1. The zero-order valence-corrected chi connectivity index (χ0v) is 17.2. The number of rotatable bonds is 5. The Morgan fingerprint density at radius 3 is 2.63 bits per heavy atom. The lowest BCUT2D eigenvalue weighted by molar-refractivity contribution is -0.0433. The van der Waals surface area contributed by atoms with E-state index in [2.05, 4.69) is 16.9 Å². The van der Waals surface area contributed by atoms with Crippen LogP contribution in [0.15, 0.2) is 23.2 Å². The molecule has 3 rings (SSSR count). The van der Waals surface area contributed by atoms with Gasteiger partial charge in [0.25, 0.3) is 0 Å². The lowest BCUT2D eigenvalue weighted by atomic mass is 9.87. The van der Waals surface area contributed by atoms with Crippen molar-refractivity contribution in [2.45, 2.75) is 56.8 Å². The average Bonchev–Trinajstić information content (AvgIpc) is 2.98. The summed E-state index contributed by atoms with van der Waals surface area (Å²) in [5.74, 6) is 0.244. The number of hydrogen-bond donors (Lipinski definition) is 1. The molecule has 1 N–H and O–H groups in total. The molecule has 1 aromatic heterocycles. The number of benzene rings is 1. The van der Waals surface area contributed by atoms with E-state index in [-0.39, 0.29) is 16.2 Å². The van der Waals surface area contributed by atoms with Crippen molar-refractivity contribution >= 4 is 21.4 Å². The summed E-state index contributed by atoms with van der Waals surface area (Å²) in [4.78, 5) is 7.30. The van der Waals surface area contributed by atoms with Crippen molar-refractivity contribution in [2.24, 2.45) is 5.92 Å². The maximum atomic E-state index is 13.6. The molecular formula is C19H24ClFN2O3S. The minimum absolute atomic E-state index is 0.00981. The number of aryl methyl sites for hydroxylation is 1. The SMILES string of the molecule is Cc1nc(C(OC2CCCCC2C)c2ccc(F)c(Cl)c2)[nH]c1S(C)(=O)=O. The van der Waals surface area contributed by atoms with Crippen LogP contribution in [0.25, 0.3) is 0 Å². The first-order chi connectivity index (χ1) is 12.7. The van der Waals surface area contributed by atoms with Crippen molar-refractivity contribution in [2.75, 3.05) is 6.26 Å². The fourth-order valence-electron chi connectivity index (χ4n) is 3.59. The van der Waals surface area contributed by atoms with Gasteiger partial charge in [-0.25, -0.2) is 17.8 Å². The first kappa shape index (κ1) is 20.3. The van der Waals surface area contributed by atoms with E-state index in [0.717, 1.165) is 25.5 Å². The molecule has 0 aliphatic heterocycles. The normalized spacial score (nSPS) is 22.0. The molecule has 3 atom stereocenters. The fourth-order valence-corrected chi connectivity index (χ4v) is 4.65. The average molecular weight is 415 g/mol. The maximum Gasteiger partial charge on any atom is 0.192 e. The summed E-state index contributed by atoms with van der Waals surface area (Å²) >= 11 is 5.97. The first-order valence-corrected chi connectivity index (χ1v) is 11.3. The zero-order valence-electron chi connectivity index (χ0n) is 15.6. The lowest BCUT2D eigenvalue weighted by Gasteiger charge is -2.32. The topological polar surface area (TPSA) is 72.0 Å². The maximum absolute atomic E-state index is 13.6. The van der Waals surface area contributed by atoms with Crippen LogP contribution in [0.4, 0.5) is 4.39 Å². The predicted octanol–water partition coefficient (Wildman–Crippen LogP) is 4.60. The van der Waals surface area contributed by atoms with E-state index in [4.69, 9.17) is 16.3 Å². The number of nitrogens with zero attached hydrogens (tertiary/aromatic N) is 1. The Morgan fingerprint density at radius 2 is 2.04 bits per heavy atom. The van der Waals surface area contributed by atoms with Gasteiger partial charge in [-0.05, 0) is 43.4 Å². The van der Waals surface area contributed by atoms with Gasteiger partial charge >= 0.3 is 0 Å². The Labute approximate surface area is 164 Å². The molecule has 2 aromatic rings. The molecule has 0 amide bonds. The highest BCUT2D eigenvalue weighted by atomic mass is 35.5. The highest BCUT2D eigenvalue weighted by Gasteiger charge is 2.30. The van der Waals surface area contributed by atoms with Crippen LogP contribution in [-0.4, -0.2) is 30.7 Å². The third kappa shape index (κ3) is 4.52. The zero-order chi connectivity index (χ0) is 19.8. The molecule has 148 valence electrons. The fraction of sp³-hybridized carbons (Fsp3) is 0.526. The summed E-state index contributed by atoms with van der Waals surface area (Å²) in [5, 5.41) is 0.0559. The predicted molar refractivity (Wildman–Crippen MR) is 102 cm³/mol. The number of ether oxygens (including phenoxy) is 1. The van der Waals surface area contributed by atoms with Gasteiger partial charge in [0.05, 0.1) is 16.8 Å². The minimum atomic E-state index is -3.45. The molecule has 1 fully saturated rings. The van der Waals surface area contributed by atoms with Gasteiger partial charge in [0, 0.05) is 6.26 Å². The second-order valence-electron chi connectivity index (χ2n) is 7.30. The van der Waals surface area contributed by atoms with Crippen molar-refractivity contribution in [3.8, 4) is 0 Å². The molecule has 1 heterocycles. The Bertz CT molecular complexity index is 929. The molecule has 27 heavy (non-hydrogen) atoms. The van der Waals surface area contributed by atoms with E-state index in [1.54, 1.807) is 13.0 Å². The number of nitrogens with one attached hydrogen (secondary N) is 1. The molecule has 1 aliphatic rings. The van der Waals surface area contributed by atoms with Crippen molar-refractivity contribution < 1.29 is 17.5 Å². The Morgan fingerprint density at radius 1 is 1.33 bits per heavy atom. The van der Waals surface area contributed by atoms with Crippen molar-refractivity contribution in [1.82, 2.24) is 9.97 Å². The molecule has 8 heteroatoms. The monoisotopic (exact) mass is 414 g/mol. The summed E-state index contributed by atoms with van der Waals surface area (Å²) in [7, 11) is -3.45. The number of sulfone groups is 1. The van der Waals surface area contributed by atoms with E-state index < -0.39 is 21.8 Å². The summed E-state index contributed by atoms with van der Waals surface area (Å²) in [6, 6.07) is 4.38. The number of H-pyrrole nitrogens is 1. The number of halogens is 2. The summed E-state index contributed by atoms with van der Waals surface area (Å²) in [5.41, 5.74) is 1.01. The highest BCUT2D eigenvalue weighted by Crippen LogP contribution is 2.35. The van der Waals surface area contributed by atoms with Crippen LogP contribution in [0.5, 0.6) is 0 Å². The second kappa shape index (κ2) is 7.89. The Balaban J connectivity index is 2.02. The van der Waals surface area contributed by atoms with Crippen LogP contribution in [0.1, 0.15) is 55.8 Å². The molecule has 3 unspecified atom stereocenters. The number of aromatic nitrogens is 2. The smallest absolute Gasteiger partial charge is 0.192 e. The summed E-state index contributed by atoms with van der Waals surface area (Å²) in [6.07, 6.45) is 4.75. The van der Waals surface area contributed by atoms with E-state index in [9.17, 15) is 12.8 Å². The van der Waals surface area contributed by atoms with Crippen LogP contribution in [-0.2, 0) is 14.6 Å². The lowest BCUT2D eigenvalue weighted by Crippen LogP contribution is -2.28. The van der Waals surface area contributed by atoms with Crippen LogP contribution in [0, 0.1) is 18.7 Å². The van der Waals surface area contributed by atoms with Gasteiger partial charge in [0.15, 0.2) is 14.9 Å². The van der Waals surface area contributed by atoms with Gasteiger partial charge in [0.2, 0.25) is 0 Å². The first-order valence-electron chi connectivity index (χ1n) is 9.03. The van der Waals surface area contributed by atoms with Crippen LogP contribution >= 0.6 is 11.6 Å². The van der Waals surface area contributed by atoms with Gasteiger partial charge in [-0.1, -0.05) is 37.4 Å². The summed E-state index contributed by atoms with van der Waals surface area (Å²) in [6.45, 7) is 3.78. The van der Waals surface area contributed by atoms with Crippen molar-refractivity contribution in [3.63, 3.8) is 0 Å². The quantitative estimate of drug-likeness (QED) is 0.776. The number of imidazole rings is 1. The molecule has 1 aliphatic carbocycles. The van der Waals surface area contributed by atoms with Crippen LogP contribution < -0.4 is 0 Å². The Kier molecular flexibility index (Phi) is 5.93. The van der Waals surface area contributed by atoms with E-state index in [1.807, 2.05) is 0 Å². The molecule has 0 saturated heterocycles. The highest BCUT2D eigenvalue weighted by molar-refractivity contribution is 7.90. The molecule has 5 nitrogen and oxygen atoms in total. The van der Waals surface area contributed by atoms with Crippen LogP contribution in [0.2, 0.25) is 5.02 Å². The van der Waals surface area contributed by atoms with Gasteiger partial charge in [0.1, 0.15) is 17.7 Å². The second-order valence-corrected chi connectivity index (χ2v) is 9.66. The van der Waals surface area contributed by atoms with E-state index >= 15 is 0 Å². The third-order valence-corrected chi connectivity index (χ3v) is 6.50. The van der Waals surface area contributed by atoms with Gasteiger partial charge in [-0.15, -0.1) is 0 Å². The standard InChI is InChI=1S/C19H24ClFN2O3S/c1-11-6-4-5-7-16(11)26-17(13-8-9-15(21)14(20)10-13)18-22-12(2)19(23-18)27(3,24)25/h8-11,16-17H,4-7H2,1-3H3,(H,22,23). The summed E-state index contributed by atoms with van der Waals surface area (Å²) < 4.78 is 44.0. The molecule has 0 spiro atoms. The van der Waals surface area contributed by atoms with Gasteiger partial charge < -0.3 is 9.72 Å². The molecule has 0 radical (unpaired) electrons. The van der Waals surface area contributed by atoms with E-state index in [1.165, 1.54) is 18.6 Å². The third-order valence-electron chi connectivity index (χ3n) is 5.07. The molecular weight excluding hydrogens is 391 g/mol. The minimum Gasteiger partial charge on any atom is -0.362 e. The van der Waals surface area contributed by atoms with E-state index in [0.29, 0.717) is 23.0 Å². The van der Waals surface area contributed by atoms with Gasteiger partial charge in [-0.2, -0.15) is 0 Å². The molecule has 1 saturated carbocycles. The number of hydrogen-bond acceptors (Lipinski definition) is 4. The van der Waals surface area contributed by atoms with Gasteiger partial charge in [-0.3, -0.25) is 0 Å². The van der Waals surface area contributed by atoms with Crippen molar-refractivity contribution in [3.05, 3.63) is 46.1 Å². The molecule has 0 bridgehead atoms. The largest absolute Gasteiger partial charge is 0.362 e. The van der Waals surface area contributed by atoms with Crippen LogP contribution in [0.3, 0.4) is 0 Å².